The van der Waals surface area contributed by atoms with E-state index < -0.39 is 0 Å². The molecule has 0 aromatic carbocycles. The molecule has 5 rings (SSSR count). The predicted octanol–water partition coefficient (Wildman–Crippen LogP) is 2.02. The molecule has 0 bridgehead atoms. The summed E-state index contributed by atoms with van der Waals surface area (Å²) >= 11 is 1.46. The van der Waals surface area contributed by atoms with Crippen LogP contribution in [0, 0.1) is 0 Å². The van der Waals surface area contributed by atoms with Crippen molar-refractivity contribution < 1.29 is 0 Å². The number of fused-ring (bicyclic) bond motifs is 1. The molecule has 2 aliphatic rings. The van der Waals surface area contributed by atoms with Crippen molar-refractivity contribution in [1.82, 2.24) is 34.1 Å². The second-order valence-electron chi connectivity index (χ2n) is 8.15. The van der Waals surface area contributed by atoms with Crippen LogP contribution >= 0.6 is 11.5 Å². The van der Waals surface area contributed by atoms with Gasteiger partial charge in [0.25, 0.3) is 0 Å². The molecule has 0 radical (unpaired) electrons. The summed E-state index contributed by atoms with van der Waals surface area (Å²) in [7, 11) is 4.00. The normalized spacial score (nSPS) is 18.8. The summed E-state index contributed by atoms with van der Waals surface area (Å²) in [4.78, 5) is 11.4. The largest absolute Gasteiger partial charge is 0.355 e. The van der Waals surface area contributed by atoms with Gasteiger partial charge in [0.15, 0.2) is 17.3 Å². The van der Waals surface area contributed by atoms with E-state index >= 15 is 0 Å². The van der Waals surface area contributed by atoms with Crippen LogP contribution in [0.4, 0.5) is 10.9 Å². The highest BCUT2D eigenvalue weighted by Crippen LogP contribution is 2.28. The molecule has 9 nitrogen and oxygen atoms in total. The van der Waals surface area contributed by atoms with E-state index in [2.05, 4.69) is 35.4 Å². The monoisotopic (exact) mass is 413 g/mol. The van der Waals surface area contributed by atoms with E-state index in [1.54, 1.807) is 0 Å². The summed E-state index contributed by atoms with van der Waals surface area (Å²) in [6, 6.07) is 4.12. The molecule has 0 amide bonds. The Morgan fingerprint density at radius 3 is 2.59 bits per heavy atom. The predicted molar refractivity (Wildman–Crippen MR) is 114 cm³/mol. The highest BCUT2D eigenvalue weighted by Gasteiger charge is 2.26. The first kappa shape index (κ1) is 18.7. The third-order valence-electron chi connectivity index (χ3n) is 5.86. The molecular formula is C19H27N9S. The number of nitrogens with zero attached hydrogens (tertiary/aromatic N) is 9. The van der Waals surface area contributed by atoms with Crippen LogP contribution in [-0.4, -0.2) is 74.3 Å². The number of rotatable bonds is 5. The Morgan fingerprint density at radius 1 is 1.07 bits per heavy atom. The quantitative estimate of drug-likeness (QED) is 0.629. The fraction of sp³-hybridized carbons (Fsp3) is 0.632. The molecule has 0 spiro atoms. The van der Waals surface area contributed by atoms with Gasteiger partial charge in [-0.15, -0.1) is 15.3 Å². The summed E-state index contributed by atoms with van der Waals surface area (Å²) < 4.78 is 6.47. The number of hydrogen-bond donors (Lipinski definition) is 0. The number of aromatic nitrogens is 6. The summed E-state index contributed by atoms with van der Waals surface area (Å²) in [6.07, 6.45) is 4.61. The summed E-state index contributed by atoms with van der Waals surface area (Å²) in [5.41, 5.74) is 0.841. The topological polar surface area (TPSA) is 78.6 Å². The van der Waals surface area contributed by atoms with Crippen LogP contribution in [0.1, 0.15) is 43.3 Å². The lowest BCUT2D eigenvalue weighted by molar-refractivity contribution is 0.197. The molecule has 0 unspecified atom stereocenters. The van der Waals surface area contributed by atoms with Gasteiger partial charge in [-0.3, -0.25) is 4.90 Å². The van der Waals surface area contributed by atoms with Crippen LogP contribution in [0.15, 0.2) is 12.1 Å². The average molecular weight is 414 g/mol. The number of piperidine rings is 1. The van der Waals surface area contributed by atoms with Crippen LogP contribution in [0.5, 0.6) is 0 Å². The lowest BCUT2D eigenvalue weighted by Crippen LogP contribution is -2.33. The van der Waals surface area contributed by atoms with Crippen molar-refractivity contribution in [3.8, 4) is 0 Å². The van der Waals surface area contributed by atoms with Crippen LogP contribution < -0.4 is 9.80 Å². The molecule has 0 N–H and O–H groups in total. The van der Waals surface area contributed by atoms with E-state index in [-0.39, 0.29) is 0 Å². The van der Waals surface area contributed by atoms with Crippen molar-refractivity contribution in [2.75, 3.05) is 50.1 Å². The van der Waals surface area contributed by atoms with Crippen molar-refractivity contribution in [1.29, 1.82) is 0 Å². The Labute approximate surface area is 174 Å². The zero-order valence-corrected chi connectivity index (χ0v) is 17.8. The first-order valence-corrected chi connectivity index (χ1v) is 11.1. The highest BCUT2D eigenvalue weighted by atomic mass is 32.1. The van der Waals surface area contributed by atoms with Crippen LogP contribution in [0.3, 0.4) is 0 Å². The Kier molecular flexibility index (Phi) is 5.04. The average Bonchev–Trinajstić information content (AvgIpc) is 3.49. The maximum atomic E-state index is 4.88. The van der Waals surface area contributed by atoms with Crippen molar-refractivity contribution in [2.45, 2.75) is 38.1 Å². The van der Waals surface area contributed by atoms with Crippen LogP contribution in [0.25, 0.3) is 5.65 Å². The first-order chi connectivity index (χ1) is 14.2. The first-order valence-electron chi connectivity index (χ1n) is 10.4. The molecule has 10 heteroatoms. The number of hydrogen-bond acceptors (Lipinski definition) is 9. The smallest absolute Gasteiger partial charge is 0.204 e. The zero-order chi connectivity index (χ0) is 19.8. The van der Waals surface area contributed by atoms with Crippen LogP contribution in [0.2, 0.25) is 0 Å². The lowest BCUT2D eigenvalue weighted by atomic mass is 9.96. The highest BCUT2D eigenvalue weighted by molar-refractivity contribution is 7.09. The van der Waals surface area contributed by atoms with Crippen molar-refractivity contribution in [2.24, 2.45) is 0 Å². The van der Waals surface area contributed by atoms with E-state index in [1.807, 2.05) is 29.6 Å². The third kappa shape index (κ3) is 3.78. The molecular weight excluding hydrogens is 386 g/mol. The maximum Gasteiger partial charge on any atom is 0.204 e. The second-order valence-corrected chi connectivity index (χ2v) is 8.88. The van der Waals surface area contributed by atoms with E-state index in [4.69, 9.17) is 5.10 Å². The maximum absolute atomic E-state index is 4.88. The molecule has 0 aliphatic carbocycles. The van der Waals surface area contributed by atoms with Crippen molar-refractivity contribution in [3.63, 3.8) is 0 Å². The van der Waals surface area contributed by atoms with E-state index in [0.717, 1.165) is 73.8 Å². The number of anilines is 2. The molecule has 2 saturated heterocycles. The molecule has 154 valence electrons. The van der Waals surface area contributed by atoms with Crippen molar-refractivity contribution >= 4 is 28.1 Å². The molecule has 3 aromatic rings. The molecule has 5 heterocycles. The van der Waals surface area contributed by atoms with Gasteiger partial charge in [-0.05, 0) is 50.9 Å². The fourth-order valence-electron chi connectivity index (χ4n) is 4.21. The SMILES string of the molecule is CN(C)c1nc(CN2CCC(c3nnc4ccc(N5CCCC5)nn34)CC2)ns1. The Hall–Kier alpha value is -2.33. The number of likely N-dealkylation sites (tertiary alicyclic amines) is 1. The van der Waals surface area contributed by atoms with Crippen LogP contribution in [-0.2, 0) is 6.54 Å². The molecule has 0 saturated carbocycles. The molecule has 29 heavy (non-hydrogen) atoms. The third-order valence-corrected chi connectivity index (χ3v) is 6.78. The van der Waals surface area contributed by atoms with Gasteiger partial charge in [-0.1, -0.05) is 0 Å². The molecule has 2 fully saturated rings. The van der Waals surface area contributed by atoms with Crippen molar-refractivity contribution in [3.05, 3.63) is 23.8 Å². The van der Waals surface area contributed by atoms with E-state index in [9.17, 15) is 0 Å². The van der Waals surface area contributed by atoms with Gasteiger partial charge in [0.1, 0.15) is 5.82 Å². The summed E-state index contributed by atoms with van der Waals surface area (Å²) in [5.74, 6) is 3.35. The Balaban J connectivity index is 1.26. The van der Waals surface area contributed by atoms with Gasteiger partial charge < -0.3 is 9.80 Å². The molecule has 0 atom stereocenters. The Bertz CT molecular complexity index is 967. The van der Waals surface area contributed by atoms with Gasteiger partial charge in [0, 0.05) is 44.6 Å². The Morgan fingerprint density at radius 2 is 1.86 bits per heavy atom. The summed E-state index contributed by atoms with van der Waals surface area (Å²) in [6.45, 7) is 5.03. The van der Waals surface area contributed by atoms with Gasteiger partial charge in [-0.25, -0.2) is 4.98 Å². The summed E-state index contributed by atoms with van der Waals surface area (Å²) in [5, 5.41) is 14.7. The fourth-order valence-corrected chi connectivity index (χ4v) is 4.80. The van der Waals surface area contributed by atoms with Gasteiger partial charge in [0.05, 0.1) is 6.54 Å². The zero-order valence-electron chi connectivity index (χ0n) is 17.0. The minimum absolute atomic E-state index is 0.392. The van der Waals surface area contributed by atoms with E-state index in [0.29, 0.717) is 5.92 Å². The van der Waals surface area contributed by atoms with E-state index in [1.165, 1.54) is 24.4 Å². The van der Waals surface area contributed by atoms with Gasteiger partial charge in [0.2, 0.25) is 5.13 Å². The van der Waals surface area contributed by atoms with Gasteiger partial charge in [-0.2, -0.15) is 8.89 Å². The van der Waals surface area contributed by atoms with Gasteiger partial charge >= 0.3 is 0 Å². The minimum atomic E-state index is 0.392. The molecule has 2 aliphatic heterocycles. The molecule has 3 aromatic heterocycles. The second kappa shape index (κ2) is 7.83. The lowest BCUT2D eigenvalue weighted by Gasteiger charge is -2.30. The standard InChI is InChI=1S/C19H27N9S/c1-25(2)19-20-15(24-29-19)13-26-11-7-14(8-12-26)18-22-21-16-5-6-17(23-28(16)18)27-9-3-4-10-27/h5-6,14H,3-4,7-13H2,1-2H3. The minimum Gasteiger partial charge on any atom is -0.355 e.